The molecule has 1 N–H and O–H groups in total. The van der Waals surface area contributed by atoms with Gasteiger partial charge in [0.2, 0.25) is 0 Å². The van der Waals surface area contributed by atoms with Crippen molar-refractivity contribution in [3.63, 3.8) is 0 Å². The van der Waals surface area contributed by atoms with Crippen LogP contribution < -0.4 is 5.32 Å². The highest BCUT2D eigenvalue weighted by Crippen LogP contribution is 2.40. The molecule has 4 heteroatoms. The van der Waals surface area contributed by atoms with E-state index < -0.39 is 0 Å². The van der Waals surface area contributed by atoms with Gasteiger partial charge in [0.1, 0.15) is 0 Å². The lowest BCUT2D eigenvalue weighted by atomic mass is 9.81. The standard InChI is InChI=1S/C17H27ClN2S/c1-16(2,3)14-11-20(10-13-6-7-15(18)21-13)17(12-19-14)8-4-5-9-17/h6-7,14,19H,4-5,8-12H2,1-3H3. The van der Waals surface area contributed by atoms with Gasteiger partial charge >= 0.3 is 0 Å². The minimum atomic E-state index is 0.311. The zero-order valence-electron chi connectivity index (χ0n) is 13.4. The first kappa shape index (κ1) is 15.8. The van der Waals surface area contributed by atoms with E-state index in [1.54, 1.807) is 11.3 Å². The number of hydrogen-bond acceptors (Lipinski definition) is 3. The van der Waals surface area contributed by atoms with Crippen molar-refractivity contribution in [2.75, 3.05) is 13.1 Å². The highest BCUT2D eigenvalue weighted by atomic mass is 35.5. The molecule has 1 aliphatic carbocycles. The van der Waals surface area contributed by atoms with Crippen LogP contribution in [-0.4, -0.2) is 29.6 Å². The van der Waals surface area contributed by atoms with E-state index in [4.69, 9.17) is 11.6 Å². The summed E-state index contributed by atoms with van der Waals surface area (Å²) in [6.07, 6.45) is 5.44. The molecule has 2 nitrogen and oxygen atoms in total. The Bertz CT molecular complexity index is 485. The largest absolute Gasteiger partial charge is 0.310 e. The number of thiophene rings is 1. The van der Waals surface area contributed by atoms with Crippen molar-refractivity contribution in [3.8, 4) is 0 Å². The molecule has 2 aliphatic rings. The molecular formula is C17H27ClN2S. The molecule has 0 amide bonds. The van der Waals surface area contributed by atoms with Gasteiger partial charge in [-0.15, -0.1) is 11.3 Å². The summed E-state index contributed by atoms with van der Waals surface area (Å²) in [5, 5.41) is 3.85. The third-order valence-electron chi connectivity index (χ3n) is 5.31. The van der Waals surface area contributed by atoms with Gasteiger partial charge in [-0.3, -0.25) is 4.90 Å². The van der Waals surface area contributed by atoms with Gasteiger partial charge in [0.25, 0.3) is 0 Å². The zero-order valence-corrected chi connectivity index (χ0v) is 15.0. The fourth-order valence-electron chi connectivity index (χ4n) is 3.87. The molecule has 118 valence electrons. The van der Waals surface area contributed by atoms with E-state index in [0.717, 1.165) is 24.0 Å². The summed E-state index contributed by atoms with van der Waals surface area (Å²) in [4.78, 5) is 4.16. The Kier molecular flexibility index (Phi) is 4.39. The second kappa shape index (κ2) is 5.84. The van der Waals surface area contributed by atoms with Crippen LogP contribution in [-0.2, 0) is 6.54 Å². The Morgan fingerprint density at radius 1 is 1.33 bits per heavy atom. The van der Waals surface area contributed by atoms with E-state index >= 15 is 0 Å². The molecule has 1 aromatic rings. The van der Waals surface area contributed by atoms with Crippen molar-refractivity contribution in [2.24, 2.45) is 5.41 Å². The third kappa shape index (κ3) is 3.31. The second-order valence-electron chi connectivity index (χ2n) is 7.82. The number of nitrogens with one attached hydrogen (secondary N) is 1. The average Bonchev–Trinajstić information content (AvgIpc) is 3.01. The van der Waals surface area contributed by atoms with E-state index in [0.29, 0.717) is 17.0 Å². The second-order valence-corrected chi connectivity index (χ2v) is 9.62. The van der Waals surface area contributed by atoms with Gasteiger partial charge in [-0.2, -0.15) is 0 Å². The van der Waals surface area contributed by atoms with Gasteiger partial charge in [0.15, 0.2) is 0 Å². The van der Waals surface area contributed by atoms with Crippen LogP contribution in [0.3, 0.4) is 0 Å². The lowest BCUT2D eigenvalue weighted by molar-refractivity contribution is 0.0115. The highest BCUT2D eigenvalue weighted by molar-refractivity contribution is 7.16. The van der Waals surface area contributed by atoms with Gasteiger partial charge in [-0.1, -0.05) is 45.2 Å². The Morgan fingerprint density at radius 3 is 2.62 bits per heavy atom. The topological polar surface area (TPSA) is 15.3 Å². The molecule has 2 heterocycles. The highest BCUT2D eigenvalue weighted by Gasteiger charge is 2.45. The smallest absolute Gasteiger partial charge is 0.0931 e. The summed E-state index contributed by atoms with van der Waals surface area (Å²) in [5.41, 5.74) is 0.698. The zero-order chi connectivity index (χ0) is 15.1. The Morgan fingerprint density at radius 2 is 2.05 bits per heavy atom. The quantitative estimate of drug-likeness (QED) is 0.858. The molecule has 1 atom stereocenters. The summed E-state index contributed by atoms with van der Waals surface area (Å²) < 4.78 is 0.910. The number of nitrogens with zero attached hydrogens (tertiary/aromatic N) is 1. The van der Waals surface area contributed by atoms with Gasteiger partial charge < -0.3 is 5.32 Å². The fraction of sp³-hybridized carbons (Fsp3) is 0.765. The molecule has 2 fully saturated rings. The number of piperazine rings is 1. The molecular weight excluding hydrogens is 300 g/mol. The van der Waals surface area contributed by atoms with Crippen molar-refractivity contribution in [2.45, 2.75) is 64.6 Å². The summed E-state index contributed by atoms with van der Waals surface area (Å²) >= 11 is 7.85. The van der Waals surface area contributed by atoms with Gasteiger partial charge in [-0.05, 0) is 30.4 Å². The lowest BCUT2D eigenvalue weighted by Crippen LogP contribution is -2.65. The lowest BCUT2D eigenvalue weighted by Gasteiger charge is -2.51. The number of halogens is 1. The summed E-state index contributed by atoms with van der Waals surface area (Å²) in [5.74, 6) is 0. The molecule has 0 bridgehead atoms. The van der Waals surface area contributed by atoms with Crippen LogP contribution in [0.5, 0.6) is 0 Å². The Balaban J connectivity index is 1.79. The van der Waals surface area contributed by atoms with Crippen LogP contribution in [0, 0.1) is 5.41 Å². The molecule has 21 heavy (non-hydrogen) atoms. The molecule has 0 aromatic carbocycles. The van der Waals surface area contributed by atoms with Crippen LogP contribution in [0.1, 0.15) is 51.3 Å². The molecule has 1 aliphatic heterocycles. The number of rotatable bonds is 2. The van der Waals surface area contributed by atoms with Gasteiger partial charge in [0, 0.05) is 36.1 Å². The van der Waals surface area contributed by atoms with E-state index in [1.165, 1.54) is 30.6 Å². The van der Waals surface area contributed by atoms with Crippen LogP contribution >= 0.6 is 22.9 Å². The molecule has 1 saturated heterocycles. The molecule has 1 aromatic heterocycles. The maximum Gasteiger partial charge on any atom is 0.0931 e. The summed E-state index contributed by atoms with van der Waals surface area (Å²) in [6.45, 7) is 10.4. The average molecular weight is 327 g/mol. The number of hydrogen-bond donors (Lipinski definition) is 1. The molecule has 1 unspecified atom stereocenters. The SMILES string of the molecule is CC(C)(C)C1CN(Cc2ccc(Cl)s2)C2(CCCC2)CN1. The predicted molar refractivity (Wildman–Crippen MR) is 92.2 cm³/mol. The third-order valence-corrected chi connectivity index (χ3v) is 6.52. The summed E-state index contributed by atoms with van der Waals surface area (Å²) in [6, 6.07) is 4.80. The van der Waals surface area contributed by atoms with Crippen molar-refractivity contribution >= 4 is 22.9 Å². The molecule has 3 rings (SSSR count). The van der Waals surface area contributed by atoms with Gasteiger partial charge in [-0.25, -0.2) is 0 Å². The maximum absolute atomic E-state index is 6.12. The maximum atomic E-state index is 6.12. The fourth-order valence-corrected chi connectivity index (χ4v) is 4.97. The van der Waals surface area contributed by atoms with Crippen LogP contribution in [0.25, 0.3) is 0 Å². The Hall–Kier alpha value is -0.0900. The monoisotopic (exact) mass is 326 g/mol. The van der Waals surface area contributed by atoms with E-state index in [1.807, 2.05) is 6.07 Å². The first-order valence-electron chi connectivity index (χ1n) is 8.12. The van der Waals surface area contributed by atoms with E-state index in [-0.39, 0.29) is 0 Å². The minimum Gasteiger partial charge on any atom is -0.310 e. The normalized spacial score (nSPS) is 26.6. The van der Waals surface area contributed by atoms with E-state index in [9.17, 15) is 0 Å². The van der Waals surface area contributed by atoms with Crippen molar-refractivity contribution in [3.05, 3.63) is 21.3 Å². The Labute approximate surface area is 137 Å². The van der Waals surface area contributed by atoms with Crippen LogP contribution in [0.2, 0.25) is 4.34 Å². The van der Waals surface area contributed by atoms with E-state index in [2.05, 4.69) is 37.1 Å². The minimum absolute atomic E-state index is 0.311. The molecule has 0 radical (unpaired) electrons. The van der Waals surface area contributed by atoms with Gasteiger partial charge in [0.05, 0.1) is 4.34 Å². The van der Waals surface area contributed by atoms with Crippen LogP contribution in [0.4, 0.5) is 0 Å². The van der Waals surface area contributed by atoms with Crippen molar-refractivity contribution in [1.29, 1.82) is 0 Å². The molecule has 1 saturated carbocycles. The molecule has 1 spiro atoms. The van der Waals surface area contributed by atoms with Crippen molar-refractivity contribution in [1.82, 2.24) is 10.2 Å². The summed E-state index contributed by atoms with van der Waals surface area (Å²) in [7, 11) is 0. The first-order chi connectivity index (χ1) is 9.89. The predicted octanol–water partition coefficient (Wildman–Crippen LogP) is 4.53. The first-order valence-corrected chi connectivity index (χ1v) is 9.31. The van der Waals surface area contributed by atoms with Crippen LogP contribution in [0.15, 0.2) is 12.1 Å². The van der Waals surface area contributed by atoms with Crippen molar-refractivity contribution < 1.29 is 0 Å².